The number of likely N-dealkylation sites (N-methyl/N-ethyl adjacent to an activating group) is 1. The van der Waals surface area contributed by atoms with Crippen LogP contribution in [-0.2, 0) is 11.0 Å². The molecule has 0 heterocycles. The molecule has 2 rings (SSSR count). The first-order chi connectivity index (χ1) is 12.3. The lowest BCUT2D eigenvalue weighted by Crippen LogP contribution is -2.34. The van der Waals surface area contributed by atoms with Crippen molar-refractivity contribution in [3.8, 4) is 0 Å². The number of hydrogen-bond donors (Lipinski definition) is 1. The number of hydrogen-bond acceptors (Lipinski definition) is 2. The Bertz CT molecular complexity index is 755. The minimum absolute atomic E-state index is 0.218. The normalized spacial score (nSPS) is 13.2. The number of halogens is 3. The highest BCUT2D eigenvalue weighted by Crippen LogP contribution is 2.29. The number of carbonyl (C=O) groups is 1. The van der Waals surface area contributed by atoms with Crippen molar-refractivity contribution < 1.29 is 18.0 Å². The van der Waals surface area contributed by atoms with E-state index in [2.05, 4.69) is 5.32 Å². The summed E-state index contributed by atoms with van der Waals surface area (Å²) in [6.07, 6.45) is -1.78. The van der Waals surface area contributed by atoms with Gasteiger partial charge in [-0.15, -0.1) is 0 Å². The molecule has 0 aliphatic rings. The highest BCUT2D eigenvalue weighted by atomic mass is 19.4. The van der Waals surface area contributed by atoms with Crippen molar-refractivity contribution in [1.29, 1.82) is 0 Å². The molecule has 2 aromatic rings. The third-order valence-corrected chi connectivity index (χ3v) is 3.71. The van der Waals surface area contributed by atoms with Gasteiger partial charge in [0.25, 0.3) is 0 Å². The molecule has 1 atom stereocenters. The van der Waals surface area contributed by atoms with Crippen LogP contribution in [0.4, 0.5) is 13.2 Å². The molecule has 0 spiro atoms. The highest BCUT2D eigenvalue weighted by molar-refractivity contribution is 5.92. The second-order valence-electron chi connectivity index (χ2n) is 6.19. The van der Waals surface area contributed by atoms with Gasteiger partial charge in [-0.1, -0.05) is 42.5 Å². The van der Waals surface area contributed by atoms with Crippen LogP contribution in [-0.4, -0.2) is 31.4 Å². The van der Waals surface area contributed by atoms with Crippen LogP contribution in [0.25, 0.3) is 6.08 Å². The molecule has 0 saturated carbocycles. The van der Waals surface area contributed by atoms with Crippen LogP contribution in [0.2, 0.25) is 0 Å². The SMILES string of the molecule is CN(C)C[C@H](NC(=O)/C=C/c1cccc(C(F)(F)F)c1)c1ccccc1. The molecule has 0 saturated heterocycles. The third kappa shape index (κ3) is 6.04. The summed E-state index contributed by atoms with van der Waals surface area (Å²) in [5.74, 6) is -0.363. The zero-order chi connectivity index (χ0) is 19.2. The fourth-order valence-corrected chi connectivity index (χ4v) is 2.50. The molecule has 0 unspecified atom stereocenters. The molecule has 2 aromatic carbocycles. The highest BCUT2D eigenvalue weighted by Gasteiger charge is 2.30. The molecule has 6 heteroatoms. The molecule has 1 amide bonds. The number of nitrogens with one attached hydrogen (secondary N) is 1. The first-order valence-electron chi connectivity index (χ1n) is 8.11. The molecule has 0 radical (unpaired) electrons. The van der Waals surface area contributed by atoms with Crippen LogP contribution in [0.5, 0.6) is 0 Å². The van der Waals surface area contributed by atoms with E-state index in [-0.39, 0.29) is 11.9 Å². The van der Waals surface area contributed by atoms with E-state index in [1.54, 1.807) is 0 Å². The lowest BCUT2D eigenvalue weighted by Gasteiger charge is -2.22. The van der Waals surface area contributed by atoms with E-state index in [0.29, 0.717) is 12.1 Å². The second-order valence-corrected chi connectivity index (χ2v) is 6.19. The number of alkyl halides is 3. The molecule has 0 aliphatic heterocycles. The van der Waals surface area contributed by atoms with E-state index >= 15 is 0 Å². The molecule has 3 nitrogen and oxygen atoms in total. The molecule has 138 valence electrons. The molecule has 26 heavy (non-hydrogen) atoms. The standard InChI is InChI=1S/C20H21F3N2O/c1-25(2)14-18(16-8-4-3-5-9-16)24-19(26)12-11-15-7-6-10-17(13-15)20(21,22)23/h3-13,18H,14H2,1-2H3,(H,24,26)/b12-11+/t18-/m0/s1. The van der Waals surface area contributed by atoms with Crippen molar-refractivity contribution in [1.82, 2.24) is 10.2 Å². The smallest absolute Gasteiger partial charge is 0.344 e. The van der Waals surface area contributed by atoms with Crippen LogP contribution in [0, 0.1) is 0 Å². The maximum Gasteiger partial charge on any atom is 0.416 e. The lowest BCUT2D eigenvalue weighted by atomic mass is 10.1. The average molecular weight is 362 g/mol. The Morgan fingerprint density at radius 2 is 1.81 bits per heavy atom. The van der Waals surface area contributed by atoms with Gasteiger partial charge in [0.2, 0.25) is 5.91 Å². The third-order valence-electron chi connectivity index (χ3n) is 3.71. The van der Waals surface area contributed by atoms with Crippen LogP contribution >= 0.6 is 0 Å². The number of nitrogens with zero attached hydrogens (tertiary/aromatic N) is 1. The maximum atomic E-state index is 12.7. The van der Waals surface area contributed by atoms with Gasteiger partial charge in [0.15, 0.2) is 0 Å². The molecule has 1 N–H and O–H groups in total. The zero-order valence-corrected chi connectivity index (χ0v) is 14.6. The Balaban J connectivity index is 2.09. The minimum atomic E-state index is -4.41. The summed E-state index contributed by atoms with van der Waals surface area (Å²) in [5.41, 5.74) is 0.538. The number of carbonyl (C=O) groups excluding carboxylic acids is 1. The fraction of sp³-hybridized carbons (Fsp3) is 0.250. The molecule has 0 fully saturated rings. The monoisotopic (exact) mass is 362 g/mol. The Morgan fingerprint density at radius 1 is 1.12 bits per heavy atom. The van der Waals surface area contributed by atoms with Crippen molar-refractivity contribution in [2.75, 3.05) is 20.6 Å². The number of rotatable bonds is 6. The van der Waals surface area contributed by atoms with Crippen molar-refractivity contribution in [2.45, 2.75) is 12.2 Å². The molecule has 0 aromatic heterocycles. The van der Waals surface area contributed by atoms with Gasteiger partial charge in [-0.05, 0) is 43.4 Å². The second kappa shape index (κ2) is 8.67. The van der Waals surface area contributed by atoms with E-state index in [4.69, 9.17) is 0 Å². The van der Waals surface area contributed by atoms with Gasteiger partial charge in [0, 0.05) is 12.6 Å². The first kappa shape index (κ1) is 19.7. The van der Waals surface area contributed by atoms with Crippen molar-refractivity contribution in [3.05, 3.63) is 77.4 Å². The largest absolute Gasteiger partial charge is 0.416 e. The Labute approximate surface area is 151 Å². The molecular weight excluding hydrogens is 341 g/mol. The molecule has 0 bridgehead atoms. The first-order valence-corrected chi connectivity index (χ1v) is 8.11. The Morgan fingerprint density at radius 3 is 2.42 bits per heavy atom. The maximum absolute atomic E-state index is 12.7. The molecule has 0 aliphatic carbocycles. The predicted molar refractivity (Wildman–Crippen MR) is 96.4 cm³/mol. The summed E-state index contributed by atoms with van der Waals surface area (Å²) in [5, 5.41) is 2.89. The fourth-order valence-electron chi connectivity index (χ4n) is 2.50. The van der Waals surface area contributed by atoms with Gasteiger partial charge in [-0.25, -0.2) is 0 Å². The van der Waals surface area contributed by atoms with Crippen molar-refractivity contribution >= 4 is 12.0 Å². The molecular formula is C20H21F3N2O. The number of amides is 1. The van der Waals surface area contributed by atoms with Crippen LogP contribution < -0.4 is 5.32 Å². The lowest BCUT2D eigenvalue weighted by molar-refractivity contribution is -0.137. The summed E-state index contributed by atoms with van der Waals surface area (Å²) < 4.78 is 38.2. The predicted octanol–water partition coefficient (Wildman–Crippen LogP) is 4.14. The van der Waals surface area contributed by atoms with Gasteiger partial charge in [0.1, 0.15) is 0 Å². The van der Waals surface area contributed by atoms with E-state index in [1.807, 2.05) is 49.3 Å². The van der Waals surface area contributed by atoms with Crippen LogP contribution in [0.1, 0.15) is 22.7 Å². The van der Waals surface area contributed by atoms with E-state index < -0.39 is 11.7 Å². The average Bonchev–Trinajstić information content (AvgIpc) is 2.59. The summed E-state index contributed by atoms with van der Waals surface area (Å²) in [7, 11) is 3.81. The van der Waals surface area contributed by atoms with Crippen LogP contribution in [0.3, 0.4) is 0 Å². The summed E-state index contributed by atoms with van der Waals surface area (Å²) in [6.45, 7) is 0.604. The van der Waals surface area contributed by atoms with Gasteiger partial charge in [-0.3, -0.25) is 4.79 Å². The van der Waals surface area contributed by atoms with E-state index in [9.17, 15) is 18.0 Å². The Hall–Kier alpha value is -2.60. The summed E-state index contributed by atoms with van der Waals surface area (Å²) in [4.78, 5) is 14.2. The Kier molecular flexibility index (Phi) is 6.58. The zero-order valence-electron chi connectivity index (χ0n) is 14.6. The number of benzene rings is 2. The van der Waals surface area contributed by atoms with Crippen molar-refractivity contribution in [3.63, 3.8) is 0 Å². The van der Waals surface area contributed by atoms with Gasteiger partial charge in [0.05, 0.1) is 11.6 Å². The van der Waals surface area contributed by atoms with E-state index in [0.717, 1.165) is 17.7 Å². The topological polar surface area (TPSA) is 32.3 Å². The summed E-state index contributed by atoms with van der Waals surface area (Å²) >= 11 is 0. The van der Waals surface area contributed by atoms with Gasteiger partial charge >= 0.3 is 6.18 Å². The van der Waals surface area contributed by atoms with Gasteiger partial charge in [-0.2, -0.15) is 13.2 Å². The van der Waals surface area contributed by atoms with E-state index in [1.165, 1.54) is 24.3 Å². The quantitative estimate of drug-likeness (QED) is 0.784. The minimum Gasteiger partial charge on any atom is -0.344 e. The van der Waals surface area contributed by atoms with Gasteiger partial charge < -0.3 is 10.2 Å². The summed E-state index contributed by atoms with van der Waals surface area (Å²) in [6, 6.07) is 14.2. The van der Waals surface area contributed by atoms with Crippen molar-refractivity contribution in [2.24, 2.45) is 0 Å². The van der Waals surface area contributed by atoms with Crippen LogP contribution in [0.15, 0.2) is 60.7 Å².